The number of aryl methyl sites for hydroxylation is 1. The highest BCUT2D eigenvalue weighted by molar-refractivity contribution is 5.98. The minimum atomic E-state index is -0.745. The van der Waals surface area contributed by atoms with Crippen LogP contribution in [0.15, 0.2) is 18.2 Å². The van der Waals surface area contributed by atoms with Gasteiger partial charge in [-0.3, -0.25) is 14.4 Å². The third kappa shape index (κ3) is 3.98. The van der Waals surface area contributed by atoms with E-state index < -0.39 is 30.8 Å². The summed E-state index contributed by atoms with van der Waals surface area (Å²) < 4.78 is 0. The fraction of sp³-hybridized carbons (Fsp3) is 0.250. The maximum atomic E-state index is 12.1. The Morgan fingerprint density at radius 1 is 1.16 bits per heavy atom. The Balaban J connectivity index is 3.00. The van der Waals surface area contributed by atoms with Gasteiger partial charge in [-0.2, -0.15) is 0 Å². The third-order valence-electron chi connectivity index (χ3n) is 2.42. The van der Waals surface area contributed by atoms with E-state index in [1.807, 2.05) is 0 Å². The zero-order valence-corrected chi connectivity index (χ0v) is 10.4. The maximum Gasteiger partial charge on any atom is 0.254 e. The number of hydrogen-bond acceptors (Lipinski definition) is 4. The highest BCUT2D eigenvalue weighted by Crippen LogP contribution is 2.18. The number of primary amides is 2. The fourth-order valence-corrected chi connectivity index (χ4v) is 1.55. The summed E-state index contributed by atoms with van der Waals surface area (Å²) in [6.45, 7) is 0.821. The summed E-state index contributed by atoms with van der Waals surface area (Å²) in [5, 5.41) is 9.38. The summed E-state index contributed by atoms with van der Waals surface area (Å²) in [5.74, 6) is -2.00. The molecule has 3 amide bonds. The number of aromatic hydroxyl groups is 1. The molecule has 0 spiro atoms. The lowest BCUT2D eigenvalue weighted by atomic mass is 10.1. The van der Waals surface area contributed by atoms with Gasteiger partial charge in [-0.1, -0.05) is 0 Å². The molecule has 0 aliphatic carbocycles. The molecule has 102 valence electrons. The predicted octanol–water partition coefficient (Wildman–Crippen LogP) is -0.887. The molecule has 0 radical (unpaired) electrons. The van der Waals surface area contributed by atoms with Gasteiger partial charge in [0.2, 0.25) is 11.8 Å². The average molecular weight is 265 g/mol. The lowest BCUT2D eigenvalue weighted by molar-refractivity contribution is -0.121. The molecule has 0 heterocycles. The van der Waals surface area contributed by atoms with Crippen LogP contribution in [0.5, 0.6) is 5.75 Å². The van der Waals surface area contributed by atoms with Crippen LogP contribution < -0.4 is 11.5 Å². The van der Waals surface area contributed by atoms with Crippen molar-refractivity contribution in [2.24, 2.45) is 11.5 Å². The topological polar surface area (TPSA) is 127 Å². The molecule has 0 fully saturated rings. The van der Waals surface area contributed by atoms with Gasteiger partial charge in [-0.05, 0) is 30.7 Å². The number of phenols is 1. The molecule has 7 nitrogen and oxygen atoms in total. The Labute approximate surface area is 109 Å². The van der Waals surface area contributed by atoms with Crippen LogP contribution in [0.3, 0.4) is 0 Å². The monoisotopic (exact) mass is 265 g/mol. The van der Waals surface area contributed by atoms with Gasteiger partial charge in [0, 0.05) is 5.56 Å². The van der Waals surface area contributed by atoms with Crippen LogP contribution in [-0.4, -0.2) is 40.8 Å². The van der Waals surface area contributed by atoms with Crippen molar-refractivity contribution in [3.63, 3.8) is 0 Å². The average Bonchev–Trinajstić information content (AvgIpc) is 2.29. The largest absolute Gasteiger partial charge is 0.508 e. The van der Waals surface area contributed by atoms with E-state index in [0.717, 1.165) is 4.90 Å². The minimum absolute atomic E-state index is 0.0490. The Morgan fingerprint density at radius 3 is 2.11 bits per heavy atom. The first-order valence-electron chi connectivity index (χ1n) is 5.46. The zero-order chi connectivity index (χ0) is 14.6. The standard InChI is InChI=1S/C12H15N3O4/c1-7-4-8(2-3-9(7)16)12(19)15(5-10(13)17)6-11(14)18/h2-4,16H,5-6H2,1H3,(H2,13,17)(H2,14,18). The van der Waals surface area contributed by atoms with E-state index in [2.05, 4.69) is 0 Å². The molecular weight excluding hydrogens is 250 g/mol. The summed E-state index contributed by atoms with van der Waals surface area (Å²) in [6, 6.07) is 4.20. The maximum absolute atomic E-state index is 12.1. The first-order valence-corrected chi connectivity index (χ1v) is 5.46. The quantitative estimate of drug-likeness (QED) is 0.638. The van der Waals surface area contributed by atoms with E-state index in [4.69, 9.17) is 11.5 Å². The van der Waals surface area contributed by atoms with Gasteiger partial charge in [0.25, 0.3) is 5.91 Å². The molecule has 5 N–H and O–H groups in total. The summed E-state index contributed by atoms with van der Waals surface area (Å²) in [4.78, 5) is 34.8. The van der Waals surface area contributed by atoms with Crippen molar-refractivity contribution < 1.29 is 19.5 Å². The van der Waals surface area contributed by atoms with Crippen molar-refractivity contribution >= 4 is 17.7 Å². The summed E-state index contributed by atoms with van der Waals surface area (Å²) in [6.07, 6.45) is 0. The second-order valence-corrected chi connectivity index (χ2v) is 4.10. The van der Waals surface area contributed by atoms with E-state index in [1.54, 1.807) is 6.92 Å². The molecule has 0 bridgehead atoms. The van der Waals surface area contributed by atoms with Crippen molar-refractivity contribution in [1.82, 2.24) is 4.90 Å². The molecule has 0 aliphatic rings. The van der Waals surface area contributed by atoms with Crippen molar-refractivity contribution in [2.75, 3.05) is 13.1 Å². The fourth-order valence-electron chi connectivity index (χ4n) is 1.55. The second-order valence-electron chi connectivity index (χ2n) is 4.10. The number of benzene rings is 1. The highest BCUT2D eigenvalue weighted by Gasteiger charge is 2.20. The van der Waals surface area contributed by atoms with Crippen LogP contribution >= 0.6 is 0 Å². The molecule has 1 rings (SSSR count). The Hall–Kier alpha value is -2.57. The SMILES string of the molecule is Cc1cc(C(=O)N(CC(N)=O)CC(N)=O)ccc1O. The zero-order valence-electron chi connectivity index (χ0n) is 10.4. The molecule has 0 aliphatic heterocycles. The van der Waals surface area contributed by atoms with Crippen molar-refractivity contribution in [1.29, 1.82) is 0 Å². The molecule has 0 unspecified atom stereocenters. The highest BCUT2D eigenvalue weighted by atomic mass is 16.3. The number of hydrogen-bond donors (Lipinski definition) is 3. The van der Waals surface area contributed by atoms with Crippen molar-refractivity contribution in [3.8, 4) is 5.75 Å². The number of phenolic OH excluding ortho intramolecular Hbond substituents is 1. The predicted molar refractivity (Wildman–Crippen MR) is 67.1 cm³/mol. The summed E-state index contributed by atoms with van der Waals surface area (Å²) >= 11 is 0. The molecule has 0 saturated carbocycles. The number of amides is 3. The van der Waals surface area contributed by atoms with Gasteiger partial charge in [-0.25, -0.2) is 0 Å². The second kappa shape index (κ2) is 5.85. The van der Waals surface area contributed by atoms with E-state index in [1.165, 1.54) is 18.2 Å². The molecule has 1 aromatic carbocycles. The van der Waals surface area contributed by atoms with Crippen LogP contribution in [0.2, 0.25) is 0 Å². The molecule has 19 heavy (non-hydrogen) atoms. The first-order chi connectivity index (χ1) is 8.81. The smallest absolute Gasteiger partial charge is 0.254 e. The molecule has 7 heteroatoms. The van der Waals surface area contributed by atoms with Crippen molar-refractivity contribution in [2.45, 2.75) is 6.92 Å². The number of carbonyl (C=O) groups excluding carboxylic acids is 3. The molecule has 0 atom stereocenters. The number of rotatable bonds is 5. The Morgan fingerprint density at radius 2 is 1.68 bits per heavy atom. The van der Waals surface area contributed by atoms with E-state index in [-0.39, 0.29) is 11.3 Å². The van der Waals surface area contributed by atoms with E-state index in [0.29, 0.717) is 5.56 Å². The van der Waals surface area contributed by atoms with Crippen LogP contribution in [0, 0.1) is 6.92 Å². The number of nitrogens with two attached hydrogens (primary N) is 2. The lowest BCUT2D eigenvalue weighted by Crippen LogP contribution is -2.43. The molecule has 1 aromatic rings. The van der Waals surface area contributed by atoms with Crippen LogP contribution in [0.25, 0.3) is 0 Å². The first kappa shape index (κ1) is 14.5. The third-order valence-corrected chi connectivity index (χ3v) is 2.42. The van der Waals surface area contributed by atoms with Crippen LogP contribution in [-0.2, 0) is 9.59 Å². The van der Waals surface area contributed by atoms with Crippen LogP contribution in [0.4, 0.5) is 0 Å². The van der Waals surface area contributed by atoms with Gasteiger partial charge in [0.1, 0.15) is 18.8 Å². The summed E-state index contributed by atoms with van der Waals surface area (Å²) in [7, 11) is 0. The molecule has 0 aromatic heterocycles. The Bertz CT molecular complexity index is 512. The van der Waals surface area contributed by atoms with Gasteiger partial charge >= 0.3 is 0 Å². The molecular formula is C12H15N3O4. The van der Waals surface area contributed by atoms with Crippen molar-refractivity contribution in [3.05, 3.63) is 29.3 Å². The lowest BCUT2D eigenvalue weighted by Gasteiger charge is -2.19. The number of nitrogens with zero attached hydrogens (tertiary/aromatic N) is 1. The van der Waals surface area contributed by atoms with Gasteiger partial charge < -0.3 is 21.5 Å². The summed E-state index contributed by atoms with van der Waals surface area (Å²) in [5.41, 5.74) is 10.8. The van der Waals surface area contributed by atoms with Gasteiger partial charge in [-0.15, -0.1) is 0 Å². The Kier molecular flexibility index (Phi) is 4.46. The van der Waals surface area contributed by atoms with E-state index >= 15 is 0 Å². The number of carbonyl (C=O) groups is 3. The van der Waals surface area contributed by atoms with Crippen LogP contribution in [0.1, 0.15) is 15.9 Å². The van der Waals surface area contributed by atoms with E-state index in [9.17, 15) is 19.5 Å². The van der Waals surface area contributed by atoms with Gasteiger partial charge in [0.05, 0.1) is 0 Å². The molecule has 0 saturated heterocycles. The normalized spacial score (nSPS) is 9.95. The van der Waals surface area contributed by atoms with Gasteiger partial charge in [0.15, 0.2) is 0 Å². The minimum Gasteiger partial charge on any atom is -0.508 e.